The Morgan fingerprint density at radius 2 is 1.77 bits per heavy atom. The molecule has 0 spiro atoms. The number of benzene rings is 1. The molecule has 1 atom stereocenters. The van der Waals surface area contributed by atoms with E-state index in [1.54, 1.807) is 34.6 Å². The number of nitrogens with one attached hydrogen (secondary N) is 3. The second kappa shape index (κ2) is 10.8. The van der Waals surface area contributed by atoms with Crippen molar-refractivity contribution in [2.24, 2.45) is 5.92 Å². The molecule has 1 aromatic rings. The molecule has 1 aromatic carbocycles. The van der Waals surface area contributed by atoms with Crippen molar-refractivity contribution in [1.29, 1.82) is 0 Å². The van der Waals surface area contributed by atoms with Crippen molar-refractivity contribution >= 4 is 35.2 Å². The minimum Gasteiger partial charge on any atom is -0.444 e. The molecule has 0 heterocycles. The number of nitro benzene ring substituents is 1. The Labute approximate surface area is 179 Å². The number of carbonyl (C=O) groups is 3. The highest BCUT2D eigenvalue weighted by Gasteiger charge is 2.26. The topological polar surface area (TPSA) is 140 Å². The fraction of sp³-hybridized carbons (Fsp3) is 0.526. The highest BCUT2D eigenvalue weighted by molar-refractivity contribution is 6.34. The normalized spacial score (nSPS) is 12.1. The van der Waals surface area contributed by atoms with Crippen LogP contribution in [-0.4, -0.2) is 47.6 Å². The Morgan fingerprint density at radius 1 is 1.17 bits per heavy atom. The fourth-order valence-electron chi connectivity index (χ4n) is 2.33. The third-order valence-corrected chi connectivity index (χ3v) is 4.05. The summed E-state index contributed by atoms with van der Waals surface area (Å²) in [6.07, 6.45) is -0.599. The van der Waals surface area contributed by atoms with Crippen LogP contribution in [0.25, 0.3) is 0 Å². The highest BCUT2D eigenvalue weighted by atomic mass is 35.5. The van der Waals surface area contributed by atoms with E-state index in [4.69, 9.17) is 16.3 Å². The third-order valence-electron chi connectivity index (χ3n) is 3.74. The molecule has 11 heteroatoms. The van der Waals surface area contributed by atoms with Crippen LogP contribution in [0.2, 0.25) is 5.02 Å². The van der Waals surface area contributed by atoms with Crippen LogP contribution in [0.3, 0.4) is 0 Å². The van der Waals surface area contributed by atoms with Gasteiger partial charge in [0.2, 0.25) is 5.91 Å². The zero-order valence-electron chi connectivity index (χ0n) is 17.6. The van der Waals surface area contributed by atoms with Gasteiger partial charge in [0, 0.05) is 25.2 Å². The fourth-order valence-corrected chi connectivity index (χ4v) is 2.59. The first kappa shape index (κ1) is 25.2. The minimum absolute atomic E-state index is 0.0207. The summed E-state index contributed by atoms with van der Waals surface area (Å²) in [5, 5.41) is 18.4. The van der Waals surface area contributed by atoms with E-state index in [9.17, 15) is 24.5 Å². The number of hydrogen-bond acceptors (Lipinski definition) is 6. The lowest BCUT2D eigenvalue weighted by Gasteiger charge is -2.22. The summed E-state index contributed by atoms with van der Waals surface area (Å²) < 4.78 is 5.09. The first-order valence-corrected chi connectivity index (χ1v) is 9.69. The van der Waals surface area contributed by atoms with E-state index in [2.05, 4.69) is 16.0 Å². The summed E-state index contributed by atoms with van der Waals surface area (Å²) in [4.78, 5) is 46.7. The summed E-state index contributed by atoms with van der Waals surface area (Å²) in [5.41, 5.74) is -0.848. The molecule has 0 radical (unpaired) electrons. The van der Waals surface area contributed by atoms with Gasteiger partial charge in [-0.05, 0) is 32.8 Å². The third kappa shape index (κ3) is 8.24. The SMILES string of the molecule is CC(C)C(NC(=O)c1ccc([N+](=O)[O-])cc1Cl)C(=O)NCCNC(=O)OC(C)(C)C. The van der Waals surface area contributed by atoms with Gasteiger partial charge in [-0.1, -0.05) is 25.4 Å². The van der Waals surface area contributed by atoms with E-state index in [-0.39, 0.29) is 35.3 Å². The predicted octanol–water partition coefficient (Wildman–Crippen LogP) is 2.64. The molecule has 0 aliphatic carbocycles. The summed E-state index contributed by atoms with van der Waals surface area (Å²) in [6.45, 7) is 9.00. The van der Waals surface area contributed by atoms with Crippen molar-refractivity contribution in [2.75, 3.05) is 13.1 Å². The van der Waals surface area contributed by atoms with Gasteiger partial charge in [0.15, 0.2) is 0 Å². The molecule has 0 saturated heterocycles. The molecule has 30 heavy (non-hydrogen) atoms. The predicted molar refractivity (Wildman–Crippen MR) is 111 cm³/mol. The van der Waals surface area contributed by atoms with E-state index in [1.165, 1.54) is 6.07 Å². The first-order chi connectivity index (χ1) is 13.8. The molecule has 0 aromatic heterocycles. The molecule has 1 rings (SSSR count). The quantitative estimate of drug-likeness (QED) is 0.321. The van der Waals surface area contributed by atoms with Crippen LogP contribution in [-0.2, 0) is 9.53 Å². The number of alkyl carbamates (subject to hydrolysis) is 1. The Kier molecular flexibility index (Phi) is 9.03. The smallest absolute Gasteiger partial charge is 0.407 e. The largest absolute Gasteiger partial charge is 0.444 e. The Balaban J connectivity index is 2.65. The number of non-ortho nitro benzene ring substituents is 1. The second-order valence-corrected chi connectivity index (χ2v) is 8.24. The van der Waals surface area contributed by atoms with Crippen molar-refractivity contribution < 1.29 is 24.0 Å². The van der Waals surface area contributed by atoms with Crippen LogP contribution < -0.4 is 16.0 Å². The molecule has 3 amide bonds. The summed E-state index contributed by atoms with van der Waals surface area (Å²) in [7, 11) is 0. The standard InChI is InChI=1S/C19H27ClN4O6/c1-11(2)15(17(26)21-8-9-22-18(27)30-19(3,4)5)23-16(25)13-7-6-12(24(28)29)10-14(13)20/h6-7,10-11,15H,8-9H2,1-5H3,(H,21,26)(H,22,27)(H,23,25). The van der Waals surface area contributed by atoms with Crippen molar-refractivity contribution in [1.82, 2.24) is 16.0 Å². The van der Waals surface area contributed by atoms with E-state index in [1.807, 2.05) is 0 Å². The Morgan fingerprint density at radius 3 is 2.27 bits per heavy atom. The summed E-state index contributed by atoms with van der Waals surface area (Å²) in [5.74, 6) is -1.32. The van der Waals surface area contributed by atoms with Crippen LogP contribution in [0.15, 0.2) is 18.2 Å². The lowest BCUT2D eigenvalue weighted by molar-refractivity contribution is -0.384. The monoisotopic (exact) mass is 442 g/mol. The lowest BCUT2D eigenvalue weighted by Crippen LogP contribution is -2.51. The number of halogens is 1. The number of ether oxygens (including phenoxy) is 1. The van der Waals surface area contributed by atoms with Crippen LogP contribution in [0.4, 0.5) is 10.5 Å². The summed E-state index contributed by atoms with van der Waals surface area (Å²) >= 11 is 5.97. The Bertz CT molecular complexity index is 807. The number of nitrogens with zero attached hydrogens (tertiary/aromatic N) is 1. The second-order valence-electron chi connectivity index (χ2n) is 7.84. The maximum absolute atomic E-state index is 12.5. The number of hydrogen-bond donors (Lipinski definition) is 3. The number of rotatable bonds is 8. The van der Waals surface area contributed by atoms with Gasteiger partial charge in [-0.25, -0.2) is 4.79 Å². The molecule has 3 N–H and O–H groups in total. The number of nitro groups is 1. The number of amides is 3. The molecule has 166 valence electrons. The molecular weight excluding hydrogens is 416 g/mol. The van der Waals surface area contributed by atoms with Crippen LogP contribution in [0.5, 0.6) is 0 Å². The van der Waals surface area contributed by atoms with Crippen LogP contribution in [0.1, 0.15) is 45.0 Å². The maximum atomic E-state index is 12.5. The van der Waals surface area contributed by atoms with Crippen LogP contribution in [0, 0.1) is 16.0 Å². The van der Waals surface area contributed by atoms with E-state index in [0.717, 1.165) is 12.1 Å². The number of carbonyl (C=O) groups excluding carboxylic acids is 3. The maximum Gasteiger partial charge on any atom is 0.407 e. The zero-order chi connectivity index (χ0) is 23.1. The van der Waals surface area contributed by atoms with E-state index >= 15 is 0 Å². The van der Waals surface area contributed by atoms with E-state index in [0.29, 0.717) is 0 Å². The average molecular weight is 443 g/mol. The highest BCUT2D eigenvalue weighted by Crippen LogP contribution is 2.22. The van der Waals surface area contributed by atoms with Gasteiger partial charge >= 0.3 is 6.09 Å². The van der Waals surface area contributed by atoms with E-state index < -0.39 is 34.5 Å². The molecule has 0 saturated carbocycles. The average Bonchev–Trinajstić information content (AvgIpc) is 2.60. The minimum atomic E-state index is -0.870. The Hall–Kier alpha value is -2.88. The molecule has 0 aliphatic heterocycles. The molecule has 0 bridgehead atoms. The van der Waals surface area contributed by atoms with Crippen LogP contribution >= 0.6 is 11.6 Å². The van der Waals surface area contributed by atoms with Gasteiger partial charge in [-0.2, -0.15) is 0 Å². The summed E-state index contributed by atoms with van der Waals surface area (Å²) in [6, 6.07) is 2.59. The zero-order valence-corrected chi connectivity index (χ0v) is 18.3. The van der Waals surface area contributed by atoms with Crippen molar-refractivity contribution in [2.45, 2.75) is 46.3 Å². The molecular formula is C19H27ClN4O6. The van der Waals surface area contributed by atoms with Gasteiger partial charge in [0.05, 0.1) is 15.5 Å². The van der Waals surface area contributed by atoms with Gasteiger partial charge in [-0.15, -0.1) is 0 Å². The van der Waals surface area contributed by atoms with Crippen molar-refractivity contribution in [3.05, 3.63) is 38.9 Å². The van der Waals surface area contributed by atoms with Gasteiger partial charge in [-0.3, -0.25) is 19.7 Å². The molecule has 10 nitrogen and oxygen atoms in total. The molecule has 0 fully saturated rings. The molecule has 1 unspecified atom stereocenters. The van der Waals surface area contributed by atoms with Gasteiger partial charge in [0.25, 0.3) is 11.6 Å². The first-order valence-electron chi connectivity index (χ1n) is 9.31. The van der Waals surface area contributed by atoms with Gasteiger partial charge < -0.3 is 20.7 Å². The van der Waals surface area contributed by atoms with Crippen molar-refractivity contribution in [3.8, 4) is 0 Å². The molecule has 0 aliphatic rings. The van der Waals surface area contributed by atoms with Gasteiger partial charge in [0.1, 0.15) is 11.6 Å². The lowest BCUT2D eigenvalue weighted by atomic mass is 10.0. The van der Waals surface area contributed by atoms with Crippen molar-refractivity contribution in [3.63, 3.8) is 0 Å².